The highest BCUT2D eigenvalue weighted by Gasteiger charge is 2.33. The zero-order valence-electron chi connectivity index (χ0n) is 7.62. The van der Waals surface area contributed by atoms with Crippen LogP contribution < -0.4 is 0 Å². The lowest BCUT2D eigenvalue weighted by Gasteiger charge is -2.31. The first kappa shape index (κ1) is 9.81. The second kappa shape index (κ2) is 4.10. The van der Waals surface area contributed by atoms with Crippen LogP contribution in [-0.2, 0) is 0 Å². The molecule has 0 aromatic carbocycles. The SMILES string of the molecule is CC[Si]1CC[Si](Cl)(CC)CC1. The van der Waals surface area contributed by atoms with E-state index in [0.29, 0.717) is 0 Å². The number of hydrogen-bond acceptors (Lipinski definition) is 0. The van der Waals surface area contributed by atoms with E-state index in [1.54, 1.807) is 0 Å². The zero-order valence-corrected chi connectivity index (χ0v) is 10.4. The first-order valence-corrected chi connectivity index (χ1v) is 10.5. The Kier molecular flexibility index (Phi) is 3.66. The normalized spacial score (nSPS) is 25.4. The van der Waals surface area contributed by atoms with Crippen molar-refractivity contribution in [3.05, 3.63) is 0 Å². The molecule has 0 aromatic heterocycles. The molecule has 1 radical (unpaired) electrons. The molecule has 1 aliphatic rings. The van der Waals surface area contributed by atoms with Gasteiger partial charge in [0, 0.05) is 8.80 Å². The van der Waals surface area contributed by atoms with Crippen LogP contribution in [0.2, 0.25) is 36.3 Å². The maximum absolute atomic E-state index is 6.54. The molecule has 0 N–H and O–H groups in total. The van der Waals surface area contributed by atoms with Gasteiger partial charge in [-0.2, -0.15) is 11.1 Å². The zero-order chi connectivity index (χ0) is 8.32. The second-order valence-electron chi connectivity index (χ2n) is 3.61. The highest BCUT2D eigenvalue weighted by molar-refractivity contribution is 7.21. The Morgan fingerprint density at radius 1 is 1.27 bits per heavy atom. The summed E-state index contributed by atoms with van der Waals surface area (Å²) in [4.78, 5) is 0. The molecule has 1 saturated heterocycles. The lowest BCUT2D eigenvalue weighted by molar-refractivity contribution is 1.11. The first-order valence-electron chi connectivity index (χ1n) is 4.72. The number of hydrogen-bond donors (Lipinski definition) is 0. The highest BCUT2D eigenvalue weighted by Crippen LogP contribution is 2.36. The molecule has 0 aromatic rings. The third-order valence-corrected chi connectivity index (χ3v) is 12.4. The van der Waals surface area contributed by atoms with E-state index in [-0.39, 0.29) is 8.80 Å². The molecule has 1 aliphatic heterocycles. The molecule has 0 bridgehead atoms. The summed E-state index contributed by atoms with van der Waals surface area (Å²) in [7, 11) is -1.09. The van der Waals surface area contributed by atoms with Crippen molar-refractivity contribution in [2.75, 3.05) is 0 Å². The molecule has 1 rings (SSSR count). The van der Waals surface area contributed by atoms with Crippen LogP contribution in [0.4, 0.5) is 0 Å². The van der Waals surface area contributed by atoms with Crippen molar-refractivity contribution in [3.8, 4) is 0 Å². The van der Waals surface area contributed by atoms with Crippen LogP contribution in [0.1, 0.15) is 13.8 Å². The van der Waals surface area contributed by atoms with Gasteiger partial charge in [-0.15, -0.1) is 0 Å². The van der Waals surface area contributed by atoms with Gasteiger partial charge in [0.15, 0.2) is 7.38 Å². The van der Waals surface area contributed by atoms with E-state index in [9.17, 15) is 0 Å². The Bertz CT molecular complexity index is 119. The van der Waals surface area contributed by atoms with Crippen molar-refractivity contribution in [2.45, 2.75) is 50.1 Å². The van der Waals surface area contributed by atoms with E-state index < -0.39 is 7.38 Å². The van der Waals surface area contributed by atoms with Crippen molar-refractivity contribution in [3.63, 3.8) is 0 Å². The van der Waals surface area contributed by atoms with Gasteiger partial charge in [-0.25, -0.2) is 0 Å². The van der Waals surface area contributed by atoms with Crippen molar-refractivity contribution >= 4 is 27.3 Å². The molecule has 0 aliphatic carbocycles. The quantitative estimate of drug-likeness (QED) is 0.476. The smallest absolute Gasteiger partial charge is 0.155 e. The average Bonchev–Trinajstić information content (AvgIpc) is 2.06. The third kappa shape index (κ3) is 2.60. The summed E-state index contributed by atoms with van der Waals surface area (Å²) in [6.45, 7) is 4.63. The molecular weight excluding hydrogens is 188 g/mol. The standard InChI is InChI=1S/C8H18ClSi2/c1-3-10-5-7-11(9,4-2)8-6-10/h3-8H2,1-2H3. The first-order chi connectivity index (χ1) is 5.20. The van der Waals surface area contributed by atoms with Crippen LogP contribution in [0.15, 0.2) is 0 Å². The van der Waals surface area contributed by atoms with Gasteiger partial charge in [-0.05, 0) is 18.1 Å². The molecule has 65 valence electrons. The van der Waals surface area contributed by atoms with Crippen molar-refractivity contribution in [1.82, 2.24) is 0 Å². The van der Waals surface area contributed by atoms with Crippen LogP contribution in [0, 0.1) is 0 Å². The van der Waals surface area contributed by atoms with E-state index in [1.165, 1.54) is 36.3 Å². The fraction of sp³-hybridized carbons (Fsp3) is 1.00. The summed E-state index contributed by atoms with van der Waals surface area (Å²) in [5.74, 6) is 0. The summed E-state index contributed by atoms with van der Waals surface area (Å²) >= 11 is 6.54. The molecule has 0 nitrogen and oxygen atoms in total. The number of halogens is 1. The Balaban J connectivity index is 2.35. The van der Waals surface area contributed by atoms with Gasteiger partial charge >= 0.3 is 0 Å². The van der Waals surface area contributed by atoms with Gasteiger partial charge in [0.05, 0.1) is 0 Å². The minimum Gasteiger partial charge on any atom is -0.167 e. The maximum Gasteiger partial charge on any atom is 0.155 e. The molecule has 0 saturated carbocycles. The van der Waals surface area contributed by atoms with Crippen LogP contribution in [-0.4, -0.2) is 16.2 Å². The summed E-state index contributed by atoms with van der Waals surface area (Å²) in [5.41, 5.74) is 0. The molecule has 0 atom stereocenters. The Labute approximate surface area is 77.7 Å². The van der Waals surface area contributed by atoms with Crippen LogP contribution in [0.5, 0.6) is 0 Å². The average molecular weight is 206 g/mol. The van der Waals surface area contributed by atoms with E-state index >= 15 is 0 Å². The van der Waals surface area contributed by atoms with Crippen molar-refractivity contribution in [1.29, 1.82) is 0 Å². The molecule has 1 fully saturated rings. The topological polar surface area (TPSA) is 0 Å². The summed E-state index contributed by atoms with van der Waals surface area (Å²) < 4.78 is 0. The molecular formula is C8H18ClSi2. The minimum absolute atomic E-state index is 0.0827. The van der Waals surface area contributed by atoms with Crippen molar-refractivity contribution < 1.29 is 0 Å². The van der Waals surface area contributed by atoms with Crippen LogP contribution >= 0.6 is 11.1 Å². The monoisotopic (exact) mass is 205 g/mol. The summed E-state index contributed by atoms with van der Waals surface area (Å²) in [6, 6.07) is 8.65. The predicted molar refractivity (Wildman–Crippen MR) is 57.6 cm³/mol. The molecule has 1 heterocycles. The molecule has 0 unspecified atom stereocenters. The van der Waals surface area contributed by atoms with E-state index in [1.807, 2.05) is 0 Å². The minimum atomic E-state index is -1.17. The van der Waals surface area contributed by atoms with Gasteiger partial charge in [0.1, 0.15) is 0 Å². The van der Waals surface area contributed by atoms with Crippen LogP contribution in [0.3, 0.4) is 0 Å². The molecule has 3 heteroatoms. The molecule has 0 amide bonds. The Hall–Kier alpha value is 0.724. The van der Waals surface area contributed by atoms with Gasteiger partial charge in [-0.3, -0.25) is 0 Å². The van der Waals surface area contributed by atoms with E-state index in [2.05, 4.69) is 13.8 Å². The summed E-state index contributed by atoms with van der Waals surface area (Å²) in [6.07, 6.45) is 0. The lowest BCUT2D eigenvalue weighted by atomic mass is 10.9. The fourth-order valence-corrected chi connectivity index (χ4v) is 11.8. The largest absolute Gasteiger partial charge is 0.167 e. The van der Waals surface area contributed by atoms with E-state index in [4.69, 9.17) is 11.1 Å². The Morgan fingerprint density at radius 3 is 2.18 bits per heavy atom. The van der Waals surface area contributed by atoms with Crippen LogP contribution in [0.25, 0.3) is 0 Å². The second-order valence-corrected chi connectivity index (χ2v) is 13.2. The third-order valence-electron chi connectivity index (χ3n) is 2.99. The van der Waals surface area contributed by atoms with Gasteiger partial charge < -0.3 is 0 Å². The van der Waals surface area contributed by atoms with Gasteiger partial charge in [0.25, 0.3) is 0 Å². The molecule has 11 heavy (non-hydrogen) atoms. The molecule has 0 spiro atoms. The van der Waals surface area contributed by atoms with Gasteiger partial charge in [-0.1, -0.05) is 32.0 Å². The van der Waals surface area contributed by atoms with E-state index in [0.717, 1.165) is 0 Å². The highest BCUT2D eigenvalue weighted by atomic mass is 35.6. The van der Waals surface area contributed by atoms with Crippen molar-refractivity contribution in [2.24, 2.45) is 0 Å². The summed E-state index contributed by atoms with van der Waals surface area (Å²) in [5, 5.41) is 0. The van der Waals surface area contributed by atoms with Gasteiger partial charge in [0.2, 0.25) is 0 Å². The lowest BCUT2D eigenvalue weighted by Crippen LogP contribution is -2.34. The fourth-order valence-electron chi connectivity index (χ4n) is 1.76. The Morgan fingerprint density at radius 2 is 1.82 bits per heavy atom. The number of rotatable bonds is 2. The maximum atomic E-state index is 6.54. The predicted octanol–water partition coefficient (Wildman–Crippen LogP) is 3.72.